The van der Waals surface area contributed by atoms with Gasteiger partial charge in [-0.3, -0.25) is 0 Å². The number of rotatable bonds is 4. The van der Waals surface area contributed by atoms with Gasteiger partial charge < -0.3 is 9.88 Å². The van der Waals surface area contributed by atoms with Crippen LogP contribution >= 0.6 is 0 Å². The first-order valence-corrected chi connectivity index (χ1v) is 6.59. The molecule has 1 aliphatic carbocycles. The first-order valence-electron chi connectivity index (χ1n) is 6.59. The summed E-state index contributed by atoms with van der Waals surface area (Å²) in [7, 11) is 0. The molecule has 2 atom stereocenters. The van der Waals surface area contributed by atoms with Gasteiger partial charge in [-0.25, -0.2) is 4.98 Å². The Morgan fingerprint density at radius 3 is 3.00 bits per heavy atom. The third-order valence-corrected chi connectivity index (χ3v) is 3.63. The largest absolute Gasteiger partial charge is 0.356 e. The lowest BCUT2D eigenvalue weighted by atomic mass is 9.86. The zero-order chi connectivity index (χ0) is 11.4. The topological polar surface area (TPSA) is 29.9 Å². The van der Waals surface area contributed by atoms with Crippen LogP contribution in [0.5, 0.6) is 0 Å². The molecule has 1 aromatic heterocycles. The van der Waals surface area contributed by atoms with Crippen LogP contribution < -0.4 is 5.32 Å². The summed E-state index contributed by atoms with van der Waals surface area (Å²) in [5, 5.41) is 3.41. The molecule has 0 saturated heterocycles. The van der Waals surface area contributed by atoms with E-state index in [1.165, 1.54) is 25.7 Å². The second-order valence-corrected chi connectivity index (χ2v) is 4.91. The smallest absolute Gasteiger partial charge is 0.203 e. The molecule has 0 bridgehead atoms. The van der Waals surface area contributed by atoms with Crippen molar-refractivity contribution in [2.75, 3.05) is 11.9 Å². The molecule has 0 amide bonds. The fraction of sp³-hybridized carbons (Fsp3) is 0.769. The molecule has 0 aliphatic heterocycles. The number of hydrogen-bond acceptors (Lipinski definition) is 2. The maximum atomic E-state index is 4.42. The summed E-state index contributed by atoms with van der Waals surface area (Å²) in [6.45, 7) is 5.56. The average Bonchev–Trinajstić information content (AvgIpc) is 2.75. The molecule has 2 unspecified atom stereocenters. The lowest BCUT2D eigenvalue weighted by Crippen LogP contribution is -2.22. The zero-order valence-corrected chi connectivity index (χ0v) is 10.4. The quantitative estimate of drug-likeness (QED) is 0.844. The van der Waals surface area contributed by atoms with Gasteiger partial charge in [0, 0.05) is 25.0 Å². The van der Waals surface area contributed by atoms with Crippen LogP contribution in [0.4, 0.5) is 5.95 Å². The summed E-state index contributed by atoms with van der Waals surface area (Å²) in [6, 6.07) is 0.649. The summed E-state index contributed by atoms with van der Waals surface area (Å²) < 4.78 is 2.35. The van der Waals surface area contributed by atoms with Gasteiger partial charge in [-0.05, 0) is 25.2 Å². The van der Waals surface area contributed by atoms with E-state index >= 15 is 0 Å². The Kier molecular flexibility index (Phi) is 3.86. The summed E-state index contributed by atoms with van der Waals surface area (Å²) in [5.74, 6) is 1.84. The second-order valence-electron chi connectivity index (χ2n) is 4.91. The molecule has 1 aliphatic rings. The molecule has 1 aromatic rings. The van der Waals surface area contributed by atoms with Crippen LogP contribution in [0.15, 0.2) is 12.4 Å². The Hall–Kier alpha value is -0.990. The first kappa shape index (κ1) is 11.5. The number of nitrogens with zero attached hydrogens (tertiary/aromatic N) is 2. The van der Waals surface area contributed by atoms with E-state index in [1.807, 2.05) is 6.20 Å². The van der Waals surface area contributed by atoms with Crippen LogP contribution in [0.2, 0.25) is 0 Å². The Balaban J connectivity index is 2.09. The zero-order valence-electron chi connectivity index (χ0n) is 10.4. The number of hydrogen-bond donors (Lipinski definition) is 1. The second kappa shape index (κ2) is 5.37. The van der Waals surface area contributed by atoms with Crippen LogP contribution in [0.25, 0.3) is 0 Å². The van der Waals surface area contributed by atoms with Crippen LogP contribution in [-0.4, -0.2) is 16.1 Å². The maximum absolute atomic E-state index is 4.42. The van der Waals surface area contributed by atoms with Gasteiger partial charge in [0.1, 0.15) is 0 Å². The molecule has 1 fully saturated rings. The van der Waals surface area contributed by atoms with Crippen LogP contribution in [0, 0.1) is 5.92 Å². The van der Waals surface area contributed by atoms with E-state index in [9.17, 15) is 0 Å². The monoisotopic (exact) mass is 221 g/mol. The van der Waals surface area contributed by atoms with E-state index in [0.29, 0.717) is 6.04 Å². The summed E-state index contributed by atoms with van der Waals surface area (Å²) in [6.07, 6.45) is 10.6. The van der Waals surface area contributed by atoms with Gasteiger partial charge in [0.15, 0.2) is 0 Å². The molecule has 16 heavy (non-hydrogen) atoms. The molecule has 0 spiro atoms. The van der Waals surface area contributed by atoms with E-state index in [4.69, 9.17) is 0 Å². The minimum atomic E-state index is 0.649. The van der Waals surface area contributed by atoms with Crippen LogP contribution in [-0.2, 0) is 0 Å². The molecule has 90 valence electrons. The first-order chi connectivity index (χ1) is 7.83. The number of aromatic nitrogens is 2. The van der Waals surface area contributed by atoms with Crippen molar-refractivity contribution in [3.05, 3.63) is 12.4 Å². The lowest BCUT2D eigenvalue weighted by Gasteiger charge is -2.31. The number of nitrogens with one attached hydrogen (secondary N) is 1. The molecule has 1 heterocycles. The van der Waals surface area contributed by atoms with Gasteiger partial charge in [-0.1, -0.05) is 26.7 Å². The molecule has 0 aromatic carbocycles. The van der Waals surface area contributed by atoms with Crippen molar-refractivity contribution in [3.8, 4) is 0 Å². The lowest BCUT2D eigenvalue weighted by molar-refractivity contribution is 0.259. The molecule has 1 saturated carbocycles. The van der Waals surface area contributed by atoms with Crippen LogP contribution in [0.1, 0.15) is 52.0 Å². The van der Waals surface area contributed by atoms with Crippen molar-refractivity contribution in [2.45, 2.75) is 52.0 Å². The molecule has 0 radical (unpaired) electrons. The van der Waals surface area contributed by atoms with E-state index in [0.717, 1.165) is 24.8 Å². The third-order valence-electron chi connectivity index (χ3n) is 3.63. The standard InChI is InChI=1S/C13H23N3/c1-3-8-14-13-15-9-10-16(13)12-7-5-4-6-11(12)2/h9-12H,3-8H2,1-2H3,(H,14,15). The van der Waals surface area contributed by atoms with Crippen molar-refractivity contribution in [2.24, 2.45) is 5.92 Å². The SMILES string of the molecule is CCCNc1nccn1C1CCCCC1C. The van der Waals surface area contributed by atoms with Crippen molar-refractivity contribution >= 4 is 5.95 Å². The summed E-state index contributed by atoms with van der Waals surface area (Å²) in [5.41, 5.74) is 0. The van der Waals surface area contributed by atoms with Crippen molar-refractivity contribution in [3.63, 3.8) is 0 Å². The minimum Gasteiger partial charge on any atom is -0.356 e. The van der Waals surface area contributed by atoms with Gasteiger partial charge in [0.05, 0.1) is 0 Å². The van der Waals surface area contributed by atoms with Gasteiger partial charge in [-0.2, -0.15) is 0 Å². The van der Waals surface area contributed by atoms with Crippen molar-refractivity contribution in [1.29, 1.82) is 0 Å². The van der Waals surface area contributed by atoms with Crippen molar-refractivity contribution in [1.82, 2.24) is 9.55 Å². The number of anilines is 1. The Labute approximate surface area is 98.3 Å². The summed E-state index contributed by atoms with van der Waals surface area (Å²) in [4.78, 5) is 4.42. The van der Waals surface area contributed by atoms with Crippen LogP contribution in [0.3, 0.4) is 0 Å². The van der Waals surface area contributed by atoms with E-state index < -0.39 is 0 Å². The molecule has 1 N–H and O–H groups in total. The fourth-order valence-corrected chi connectivity index (χ4v) is 2.66. The minimum absolute atomic E-state index is 0.649. The predicted octanol–water partition coefficient (Wildman–Crippen LogP) is 3.46. The van der Waals surface area contributed by atoms with Gasteiger partial charge in [-0.15, -0.1) is 0 Å². The van der Waals surface area contributed by atoms with Gasteiger partial charge in [0.25, 0.3) is 0 Å². The Bertz CT molecular complexity index is 319. The Morgan fingerprint density at radius 2 is 2.25 bits per heavy atom. The Morgan fingerprint density at radius 1 is 1.44 bits per heavy atom. The summed E-state index contributed by atoms with van der Waals surface area (Å²) >= 11 is 0. The molecular weight excluding hydrogens is 198 g/mol. The maximum Gasteiger partial charge on any atom is 0.203 e. The molecular formula is C13H23N3. The highest BCUT2D eigenvalue weighted by molar-refractivity contribution is 5.26. The van der Waals surface area contributed by atoms with E-state index in [1.54, 1.807) is 0 Å². The van der Waals surface area contributed by atoms with Crippen molar-refractivity contribution < 1.29 is 0 Å². The highest BCUT2D eigenvalue weighted by Crippen LogP contribution is 2.34. The van der Waals surface area contributed by atoms with E-state index in [-0.39, 0.29) is 0 Å². The normalized spacial score (nSPS) is 25.6. The fourth-order valence-electron chi connectivity index (χ4n) is 2.66. The molecule has 2 rings (SSSR count). The van der Waals surface area contributed by atoms with E-state index in [2.05, 4.69) is 34.9 Å². The molecule has 3 heteroatoms. The average molecular weight is 221 g/mol. The van der Waals surface area contributed by atoms with Gasteiger partial charge in [0.2, 0.25) is 5.95 Å². The highest BCUT2D eigenvalue weighted by Gasteiger charge is 2.24. The number of imidazole rings is 1. The third kappa shape index (κ3) is 2.39. The highest BCUT2D eigenvalue weighted by atomic mass is 15.2. The van der Waals surface area contributed by atoms with Gasteiger partial charge >= 0.3 is 0 Å². The predicted molar refractivity (Wildman–Crippen MR) is 67.7 cm³/mol. The molecule has 3 nitrogen and oxygen atoms in total.